The Hall–Kier alpha value is -1.21. The van der Waals surface area contributed by atoms with Crippen molar-refractivity contribution in [3.05, 3.63) is 0 Å². The molecule has 18 N–H and O–H groups in total. The van der Waals surface area contributed by atoms with Gasteiger partial charge in [-0.15, -0.1) is 0 Å². The fourth-order valence-electron chi connectivity index (χ4n) is 5.48. The first kappa shape index (κ1) is 37.2. The van der Waals surface area contributed by atoms with Crippen LogP contribution in [0.15, 0.2) is 0 Å². The SMILES string of the molecule is N=C(N[C@@H]1C[C@H](N)C(O[C@H]2O[C@H](CNCC(O)CO)CCC2N)C(O)C1O[C@H]1OC(CO)C(O)[C@H](N)C1O)C(O)C(O)CO. The summed E-state index contributed by atoms with van der Waals surface area (Å²) >= 11 is 0. The molecule has 2 aliphatic heterocycles. The summed E-state index contributed by atoms with van der Waals surface area (Å²) in [5.74, 6) is -0.617. The summed E-state index contributed by atoms with van der Waals surface area (Å²) in [5, 5.41) is 104. The second-order valence-electron chi connectivity index (χ2n) is 11.6. The Labute approximate surface area is 254 Å². The highest BCUT2D eigenvalue weighted by Gasteiger charge is 2.51. The third-order valence-corrected chi connectivity index (χ3v) is 8.19. The first-order valence-electron chi connectivity index (χ1n) is 14.7. The predicted molar refractivity (Wildman–Crippen MR) is 150 cm³/mol. The molecule has 19 nitrogen and oxygen atoms in total. The highest BCUT2D eigenvalue weighted by atomic mass is 16.7. The summed E-state index contributed by atoms with van der Waals surface area (Å²) in [5.41, 5.74) is 18.6. The van der Waals surface area contributed by atoms with Gasteiger partial charge in [0.1, 0.15) is 54.7 Å². The zero-order valence-corrected chi connectivity index (χ0v) is 24.3. The van der Waals surface area contributed by atoms with Gasteiger partial charge in [0.05, 0.1) is 50.2 Å². The van der Waals surface area contributed by atoms with Gasteiger partial charge in [0.25, 0.3) is 0 Å². The van der Waals surface area contributed by atoms with Crippen LogP contribution < -0.4 is 27.8 Å². The lowest BCUT2D eigenvalue weighted by atomic mass is 9.83. The molecular formula is C25H50N6O13. The van der Waals surface area contributed by atoms with E-state index in [1.165, 1.54) is 0 Å². The highest BCUT2D eigenvalue weighted by molar-refractivity contribution is 5.84. The van der Waals surface area contributed by atoms with Gasteiger partial charge in [-0.2, -0.15) is 0 Å². The molecule has 3 aliphatic rings. The lowest BCUT2D eigenvalue weighted by Gasteiger charge is -2.48. The van der Waals surface area contributed by atoms with Gasteiger partial charge >= 0.3 is 0 Å². The summed E-state index contributed by atoms with van der Waals surface area (Å²) in [7, 11) is 0. The highest BCUT2D eigenvalue weighted by Crippen LogP contribution is 2.31. The van der Waals surface area contributed by atoms with Crippen molar-refractivity contribution in [1.82, 2.24) is 10.6 Å². The topological polar surface area (TPSA) is 345 Å². The summed E-state index contributed by atoms with van der Waals surface area (Å²) in [4.78, 5) is 0. The predicted octanol–water partition coefficient (Wildman–Crippen LogP) is -7.96. The number of aliphatic hydroxyl groups excluding tert-OH is 9. The van der Waals surface area contributed by atoms with E-state index in [0.717, 1.165) is 0 Å². The largest absolute Gasteiger partial charge is 0.394 e. The molecule has 2 saturated heterocycles. The molecular weight excluding hydrogens is 592 g/mol. The van der Waals surface area contributed by atoms with Crippen LogP contribution in [0, 0.1) is 5.41 Å². The minimum atomic E-state index is -1.82. The Balaban J connectivity index is 1.78. The van der Waals surface area contributed by atoms with Gasteiger partial charge in [-0.1, -0.05) is 0 Å². The van der Waals surface area contributed by atoms with Crippen molar-refractivity contribution in [3.63, 3.8) is 0 Å². The number of rotatable bonds is 14. The van der Waals surface area contributed by atoms with Crippen LogP contribution in [-0.2, 0) is 18.9 Å². The molecule has 16 atom stereocenters. The Morgan fingerprint density at radius 1 is 0.864 bits per heavy atom. The van der Waals surface area contributed by atoms with Gasteiger partial charge in [-0.25, -0.2) is 0 Å². The maximum absolute atomic E-state index is 11.5. The molecule has 1 saturated carbocycles. The van der Waals surface area contributed by atoms with Crippen molar-refractivity contribution >= 4 is 5.84 Å². The second kappa shape index (κ2) is 17.1. The molecule has 0 aromatic heterocycles. The van der Waals surface area contributed by atoms with E-state index in [1.54, 1.807) is 0 Å². The maximum atomic E-state index is 11.5. The summed E-state index contributed by atoms with van der Waals surface area (Å²) < 4.78 is 23.6. The zero-order valence-electron chi connectivity index (χ0n) is 24.3. The average molecular weight is 643 g/mol. The van der Waals surface area contributed by atoms with Crippen molar-refractivity contribution in [2.75, 3.05) is 32.9 Å². The quantitative estimate of drug-likeness (QED) is 0.0617. The van der Waals surface area contributed by atoms with Crippen LogP contribution >= 0.6 is 0 Å². The lowest BCUT2D eigenvalue weighted by molar-refractivity contribution is -0.313. The van der Waals surface area contributed by atoms with Crippen LogP contribution in [0.3, 0.4) is 0 Å². The molecule has 19 heteroatoms. The monoisotopic (exact) mass is 642 g/mol. The van der Waals surface area contributed by atoms with Gasteiger partial charge in [0.2, 0.25) is 0 Å². The Bertz CT molecular complexity index is 882. The summed E-state index contributed by atoms with van der Waals surface area (Å²) in [6.07, 6.45) is -14.8. The minimum absolute atomic E-state index is 0.0520. The molecule has 258 valence electrons. The van der Waals surface area contributed by atoms with Crippen molar-refractivity contribution in [2.24, 2.45) is 17.2 Å². The number of hydrogen-bond acceptors (Lipinski definition) is 18. The molecule has 0 amide bonds. The third-order valence-electron chi connectivity index (χ3n) is 8.19. The molecule has 2 heterocycles. The number of hydrogen-bond donors (Lipinski definition) is 15. The number of aliphatic hydroxyl groups is 9. The minimum Gasteiger partial charge on any atom is -0.394 e. The average Bonchev–Trinajstić information content (AvgIpc) is 3.01. The van der Waals surface area contributed by atoms with Gasteiger partial charge in [-0.05, 0) is 19.3 Å². The normalized spacial score (nSPS) is 42.0. The van der Waals surface area contributed by atoms with E-state index in [9.17, 15) is 40.9 Å². The van der Waals surface area contributed by atoms with E-state index >= 15 is 0 Å². The molecule has 0 radical (unpaired) electrons. The second-order valence-corrected chi connectivity index (χ2v) is 11.6. The first-order valence-corrected chi connectivity index (χ1v) is 14.7. The van der Waals surface area contributed by atoms with Crippen molar-refractivity contribution in [1.29, 1.82) is 5.41 Å². The van der Waals surface area contributed by atoms with Gasteiger partial charge in [0.15, 0.2) is 12.6 Å². The molecule has 0 bridgehead atoms. The van der Waals surface area contributed by atoms with Crippen LogP contribution in [0.25, 0.3) is 0 Å². The summed E-state index contributed by atoms with van der Waals surface area (Å²) in [6.45, 7) is -1.44. The van der Waals surface area contributed by atoms with Gasteiger partial charge in [-0.3, -0.25) is 5.41 Å². The van der Waals surface area contributed by atoms with Crippen LogP contribution in [0.5, 0.6) is 0 Å². The number of nitrogens with two attached hydrogens (primary N) is 3. The maximum Gasteiger partial charge on any atom is 0.186 e. The van der Waals surface area contributed by atoms with Crippen LogP contribution in [0.4, 0.5) is 0 Å². The fraction of sp³-hybridized carbons (Fsp3) is 0.960. The molecule has 0 aromatic rings. The fourth-order valence-corrected chi connectivity index (χ4v) is 5.48. The Morgan fingerprint density at radius 2 is 1.55 bits per heavy atom. The Kier molecular flexibility index (Phi) is 14.5. The van der Waals surface area contributed by atoms with E-state index in [-0.39, 0.29) is 19.1 Å². The molecule has 10 unspecified atom stereocenters. The van der Waals surface area contributed by atoms with E-state index in [4.69, 9.17) is 46.7 Å². The first-order chi connectivity index (χ1) is 20.8. The van der Waals surface area contributed by atoms with Crippen LogP contribution in [0.2, 0.25) is 0 Å². The van der Waals surface area contributed by atoms with E-state index in [0.29, 0.717) is 19.4 Å². The Morgan fingerprint density at radius 3 is 2.18 bits per heavy atom. The van der Waals surface area contributed by atoms with Gasteiger partial charge in [0, 0.05) is 19.1 Å². The van der Waals surface area contributed by atoms with E-state index in [1.807, 2.05) is 0 Å². The standard InChI is InChI=1S/C25H50N6O13/c26-11-2-1-10(5-30-4-9(35)6-32)41-24(11)43-21-12(27)3-13(31-23(29)17(37)14(36)7-33)22(20(21)40)44-25-19(39)16(28)18(38)15(8-34)42-25/h9-22,24-25,30,32-40H,1-8,26-28H2,(H2,29,31)/t9?,10-,11?,12-,13+,14?,15?,16-,17?,18?,19?,20?,21?,22?,24+,25+/m0/s1. The smallest absolute Gasteiger partial charge is 0.186 e. The van der Waals surface area contributed by atoms with Crippen molar-refractivity contribution < 1.29 is 64.9 Å². The molecule has 0 spiro atoms. The molecule has 0 aromatic carbocycles. The van der Waals surface area contributed by atoms with Crippen LogP contribution in [-0.4, -0.2) is 182 Å². The lowest BCUT2D eigenvalue weighted by Crippen LogP contribution is -2.69. The summed E-state index contributed by atoms with van der Waals surface area (Å²) in [6, 6.07) is -3.85. The van der Waals surface area contributed by atoms with E-state index < -0.39 is 117 Å². The molecule has 1 aliphatic carbocycles. The number of amidine groups is 1. The van der Waals surface area contributed by atoms with Crippen molar-refractivity contribution in [2.45, 2.75) is 117 Å². The molecule has 3 fully saturated rings. The number of nitrogens with one attached hydrogen (secondary N) is 3. The van der Waals surface area contributed by atoms with Gasteiger partial charge < -0.3 is 92.7 Å². The number of ether oxygens (including phenoxy) is 4. The molecule has 44 heavy (non-hydrogen) atoms. The zero-order chi connectivity index (χ0) is 32.7. The van der Waals surface area contributed by atoms with E-state index in [2.05, 4.69) is 10.6 Å². The van der Waals surface area contributed by atoms with Crippen LogP contribution in [0.1, 0.15) is 19.3 Å². The third kappa shape index (κ3) is 9.20. The molecule has 3 rings (SSSR count). The van der Waals surface area contributed by atoms with Crippen molar-refractivity contribution in [3.8, 4) is 0 Å².